The van der Waals surface area contributed by atoms with Crippen LogP contribution in [0.3, 0.4) is 0 Å². The van der Waals surface area contributed by atoms with Crippen LogP contribution in [0.25, 0.3) is 17.0 Å². The van der Waals surface area contributed by atoms with Crippen molar-refractivity contribution in [1.82, 2.24) is 14.8 Å². The van der Waals surface area contributed by atoms with Crippen molar-refractivity contribution < 1.29 is 19.1 Å². The summed E-state index contributed by atoms with van der Waals surface area (Å²) in [4.78, 5) is 28.2. The Hall–Kier alpha value is -2.20. The second-order valence-electron chi connectivity index (χ2n) is 9.25. The Balaban J connectivity index is 1.39. The molecule has 3 aliphatic rings. The molecule has 9 heteroatoms. The van der Waals surface area contributed by atoms with E-state index in [9.17, 15) is 9.59 Å². The van der Waals surface area contributed by atoms with E-state index in [1.165, 1.54) is 17.3 Å². The summed E-state index contributed by atoms with van der Waals surface area (Å²) in [5.41, 5.74) is 3.11. The van der Waals surface area contributed by atoms with Crippen molar-refractivity contribution in [2.24, 2.45) is 0 Å². The average Bonchev–Trinajstić information content (AvgIpc) is 3.65. The molecule has 186 valence electrons. The highest BCUT2D eigenvalue weighted by molar-refractivity contribution is 8.26. The van der Waals surface area contributed by atoms with Crippen LogP contribution in [0.4, 0.5) is 0 Å². The molecule has 2 amide bonds. The largest absolute Gasteiger partial charge is 0.376 e. The first-order valence-corrected chi connectivity index (χ1v) is 13.6. The van der Waals surface area contributed by atoms with Gasteiger partial charge < -0.3 is 19.4 Å². The maximum absolute atomic E-state index is 13.2. The lowest BCUT2D eigenvalue weighted by atomic mass is 10.1. The number of thiocarbonyl (C=S) groups is 1. The fraction of sp³-hybridized carbons (Fsp3) is 0.500. The number of nitrogens with zero attached hydrogens (tertiary/aromatic N) is 2. The average molecular weight is 514 g/mol. The summed E-state index contributed by atoms with van der Waals surface area (Å²) >= 11 is 6.86. The molecule has 0 spiro atoms. The van der Waals surface area contributed by atoms with E-state index in [1.54, 1.807) is 4.90 Å². The number of nitrogens with one attached hydrogen (secondary N) is 1. The number of para-hydroxylation sites is 1. The molecular formula is C26H31N3O4S2. The Labute approximate surface area is 215 Å². The van der Waals surface area contributed by atoms with Gasteiger partial charge in [0.05, 0.1) is 29.2 Å². The van der Waals surface area contributed by atoms with Crippen molar-refractivity contribution >= 4 is 57.1 Å². The first-order valence-electron chi connectivity index (χ1n) is 12.4. The van der Waals surface area contributed by atoms with Gasteiger partial charge in [-0.15, -0.1) is 0 Å². The molecular weight excluding hydrogens is 482 g/mol. The van der Waals surface area contributed by atoms with Gasteiger partial charge in [-0.1, -0.05) is 49.1 Å². The summed E-state index contributed by atoms with van der Waals surface area (Å²) in [6.07, 6.45) is 8.92. The number of rotatable bonds is 8. The quantitative estimate of drug-likeness (QED) is 0.427. The third kappa shape index (κ3) is 5.33. The van der Waals surface area contributed by atoms with Crippen LogP contribution in [-0.2, 0) is 32.0 Å². The van der Waals surface area contributed by atoms with Crippen LogP contribution in [0.1, 0.15) is 43.7 Å². The van der Waals surface area contributed by atoms with Crippen LogP contribution in [0.5, 0.6) is 0 Å². The van der Waals surface area contributed by atoms with E-state index in [0.29, 0.717) is 22.3 Å². The van der Waals surface area contributed by atoms with E-state index in [0.717, 1.165) is 61.8 Å². The number of hydrogen-bond acceptors (Lipinski definition) is 6. The lowest BCUT2D eigenvalue weighted by Crippen LogP contribution is -2.35. The standard InChI is InChI=1S/C26H31N3O4S2/c1-2-17-6-3-9-21-18(12-22-25(31)29(26(34)35-22)15-20-8-5-11-33-20)14-28(24(17)21)16-23(30)27-13-19-7-4-10-32-19/h3,6,9,12,14,19-20H,2,4-5,7-8,10-11,13,15-16H2,1H3,(H,27,30)/b22-12-/t19-,20+/m0/s1. The number of ether oxygens (including phenoxy) is 2. The van der Waals surface area contributed by atoms with E-state index in [2.05, 4.69) is 18.3 Å². The molecule has 1 aromatic carbocycles. The molecule has 0 bridgehead atoms. The fourth-order valence-electron chi connectivity index (χ4n) is 5.02. The molecule has 35 heavy (non-hydrogen) atoms. The maximum Gasteiger partial charge on any atom is 0.266 e. The summed E-state index contributed by atoms with van der Waals surface area (Å²) in [6.45, 7) is 4.89. The van der Waals surface area contributed by atoms with Gasteiger partial charge >= 0.3 is 0 Å². The van der Waals surface area contributed by atoms with E-state index >= 15 is 0 Å². The molecule has 3 aliphatic heterocycles. The molecule has 0 unspecified atom stereocenters. The highest BCUT2D eigenvalue weighted by atomic mass is 32.2. The first-order chi connectivity index (χ1) is 17.0. The molecule has 2 atom stereocenters. The van der Waals surface area contributed by atoms with Gasteiger partial charge in [-0.05, 0) is 43.7 Å². The van der Waals surface area contributed by atoms with Crippen molar-refractivity contribution in [2.75, 3.05) is 26.3 Å². The van der Waals surface area contributed by atoms with Gasteiger partial charge in [0.1, 0.15) is 10.9 Å². The highest BCUT2D eigenvalue weighted by Gasteiger charge is 2.34. The number of benzene rings is 1. The van der Waals surface area contributed by atoms with E-state index in [1.807, 2.05) is 29.0 Å². The SMILES string of the molecule is CCc1cccc2c(/C=C3\SC(=S)N(C[C@H]4CCCO4)C3=O)cn(CC(=O)NC[C@@H]3CCCO3)c12. The van der Waals surface area contributed by atoms with Crippen LogP contribution in [-0.4, -0.2) is 64.1 Å². The number of fused-ring (bicyclic) bond motifs is 1. The molecule has 0 radical (unpaired) electrons. The molecule has 1 N–H and O–H groups in total. The minimum absolute atomic E-state index is 0.0438. The van der Waals surface area contributed by atoms with Gasteiger partial charge in [0, 0.05) is 36.9 Å². The van der Waals surface area contributed by atoms with E-state index in [-0.39, 0.29) is 30.6 Å². The molecule has 1 aromatic heterocycles. The molecule has 0 saturated carbocycles. The zero-order valence-electron chi connectivity index (χ0n) is 20.0. The Morgan fingerprint density at radius 3 is 2.71 bits per heavy atom. The number of aryl methyl sites for hydroxylation is 1. The molecule has 3 fully saturated rings. The molecule has 4 heterocycles. The zero-order chi connectivity index (χ0) is 24.4. The molecule has 2 aromatic rings. The summed E-state index contributed by atoms with van der Waals surface area (Å²) < 4.78 is 13.9. The minimum Gasteiger partial charge on any atom is -0.376 e. The van der Waals surface area contributed by atoms with Gasteiger partial charge in [0.15, 0.2) is 0 Å². The number of carbonyl (C=O) groups is 2. The fourth-order valence-corrected chi connectivity index (χ4v) is 6.29. The van der Waals surface area contributed by atoms with Gasteiger partial charge in [0.2, 0.25) is 5.91 Å². The van der Waals surface area contributed by atoms with Crippen LogP contribution < -0.4 is 5.32 Å². The third-order valence-electron chi connectivity index (χ3n) is 6.83. The number of amides is 2. The second kappa shape index (κ2) is 10.8. The van der Waals surface area contributed by atoms with Gasteiger partial charge in [0.25, 0.3) is 5.91 Å². The summed E-state index contributed by atoms with van der Waals surface area (Å²) in [5.74, 6) is -0.116. The number of thioether (sulfide) groups is 1. The van der Waals surface area contributed by atoms with E-state index < -0.39 is 0 Å². The normalized spacial score (nSPS) is 23.8. The van der Waals surface area contributed by atoms with Crippen LogP contribution in [0.2, 0.25) is 0 Å². The smallest absolute Gasteiger partial charge is 0.266 e. The van der Waals surface area contributed by atoms with Crippen molar-refractivity contribution in [2.45, 2.75) is 57.8 Å². The molecule has 0 aliphatic carbocycles. The Morgan fingerprint density at radius 2 is 2.00 bits per heavy atom. The van der Waals surface area contributed by atoms with Crippen molar-refractivity contribution in [1.29, 1.82) is 0 Å². The number of hydrogen-bond donors (Lipinski definition) is 1. The lowest BCUT2D eigenvalue weighted by Gasteiger charge is -2.18. The van der Waals surface area contributed by atoms with Crippen LogP contribution in [0, 0.1) is 0 Å². The zero-order valence-corrected chi connectivity index (χ0v) is 21.6. The predicted molar refractivity (Wildman–Crippen MR) is 142 cm³/mol. The van der Waals surface area contributed by atoms with Gasteiger partial charge in [-0.2, -0.15) is 0 Å². The minimum atomic E-state index is -0.0719. The lowest BCUT2D eigenvalue weighted by molar-refractivity contribution is -0.123. The third-order valence-corrected chi connectivity index (χ3v) is 8.21. The Morgan fingerprint density at radius 1 is 1.23 bits per heavy atom. The molecule has 3 saturated heterocycles. The van der Waals surface area contributed by atoms with Crippen LogP contribution >= 0.6 is 24.0 Å². The summed E-state index contributed by atoms with van der Waals surface area (Å²) in [7, 11) is 0. The topological polar surface area (TPSA) is 72.8 Å². The van der Waals surface area contributed by atoms with E-state index in [4.69, 9.17) is 21.7 Å². The monoisotopic (exact) mass is 513 g/mol. The van der Waals surface area contributed by atoms with Crippen LogP contribution in [0.15, 0.2) is 29.3 Å². The first kappa shape index (κ1) is 24.5. The van der Waals surface area contributed by atoms with Crippen molar-refractivity contribution in [3.8, 4) is 0 Å². The Bertz CT molecular complexity index is 1160. The highest BCUT2D eigenvalue weighted by Crippen LogP contribution is 2.35. The predicted octanol–water partition coefficient (Wildman–Crippen LogP) is 3.88. The van der Waals surface area contributed by atoms with Crippen molar-refractivity contribution in [3.63, 3.8) is 0 Å². The number of aromatic nitrogens is 1. The Kier molecular flexibility index (Phi) is 7.57. The van der Waals surface area contributed by atoms with Crippen molar-refractivity contribution in [3.05, 3.63) is 40.4 Å². The maximum atomic E-state index is 13.2. The second-order valence-corrected chi connectivity index (χ2v) is 10.9. The summed E-state index contributed by atoms with van der Waals surface area (Å²) in [5, 5.41) is 4.04. The van der Waals surface area contributed by atoms with Gasteiger partial charge in [-0.25, -0.2) is 0 Å². The molecule has 5 rings (SSSR count). The summed E-state index contributed by atoms with van der Waals surface area (Å²) in [6, 6.07) is 6.17. The molecule has 7 nitrogen and oxygen atoms in total. The number of carbonyl (C=O) groups excluding carboxylic acids is 2. The van der Waals surface area contributed by atoms with Gasteiger partial charge in [-0.3, -0.25) is 14.5 Å².